The summed E-state index contributed by atoms with van der Waals surface area (Å²) in [5.74, 6) is 0.881. The first-order valence-electron chi connectivity index (χ1n) is 9.51. The van der Waals surface area contributed by atoms with E-state index in [-0.39, 0.29) is 0 Å². The van der Waals surface area contributed by atoms with E-state index in [4.69, 9.17) is 4.99 Å². The van der Waals surface area contributed by atoms with Crippen molar-refractivity contribution in [1.29, 1.82) is 0 Å². The number of amidine groups is 1. The topological polar surface area (TPSA) is 24.4 Å². The third-order valence-corrected chi connectivity index (χ3v) is 5.28. The van der Waals surface area contributed by atoms with Gasteiger partial charge in [0.15, 0.2) is 0 Å². The van der Waals surface area contributed by atoms with Crippen LogP contribution in [0, 0.1) is 0 Å². The summed E-state index contributed by atoms with van der Waals surface area (Å²) < 4.78 is 0. The molecule has 0 aliphatic carbocycles. The lowest BCUT2D eigenvalue weighted by Crippen LogP contribution is -2.35. The van der Waals surface area contributed by atoms with Gasteiger partial charge in [0.05, 0.1) is 0 Å². The summed E-state index contributed by atoms with van der Waals surface area (Å²) in [5, 5.41) is 3.56. The molecule has 0 fully saturated rings. The number of nitrogens with zero attached hydrogens (tertiary/aromatic N) is 1. The molecule has 1 heterocycles. The van der Waals surface area contributed by atoms with E-state index in [1.165, 1.54) is 0 Å². The minimum absolute atomic E-state index is 0.602. The number of nitrogens with one attached hydrogen (secondary N) is 1. The molecule has 28 heavy (non-hydrogen) atoms. The second-order valence-electron chi connectivity index (χ2n) is 6.94. The zero-order valence-corrected chi connectivity index (χ0v) is 15.4. The maximum Gasteiger partial charge on any atom is 0.140 e. The maximum absolute atomic E-state index is 5.37. The van der Waals surface area contributed by atoms with E-state index in [0.29, 0.717) is 0 Å². The monoisotopic (exact) mass is 360 g/mol. The highest BCUT2D eigenvalue weighted by molar-refractivity contribution is 6.10. The first-order valence-corrected chi connectivity index (χ1v) is 9.51. The Morgan fingerprint density at radius 2 is 1.04 bits per heavy atom. The van der Waals surface area contributed by atoms with Crippen molar-refractivity contribution in [1.82, 2.24) is 0 Å². The van der Waals surface area contributed by atoms with Gasteiger partial charge in [-0.25, -0.2) is 4.99 Å². The Kier molecular flexibility index (Phi) is 4.02. The summed E-state index contributed by atoms with van der Waals surface area (Å²) in [7, 11) is 0. The lowest BCUT2D eigenvalue weighted by Gasteiger charge is -2.38. The van der Waals surface area contributed by atoms with Gasteiger partial charge in [0.25, 0.3) is 0 Å². The summed E-state index contributed by atoms with van der Waals surface area (Å²) in [6.07, 6.45) is 0. The van der Waals surface area contributed by atoms with Crippen LogP contribution in [0.4, 0.5) is 5.69 Å². The first-order chi connectivity index (χ1) is 13.9. The number of fused-ring (bicyclic) bond motifs is 1. The fourth-order valence-corrected chi connectivity index (χ4v) is 3.99. The van der Waals surface area contributed by atoms with Crippen molar-refractivity contribution in [3.8, 4) is 0 Å². The van der Waals surface area contributed by atoms with Crippen LogP contribution in [-0.2, 0) is 5.54 Å². The van der Waals surface area contributed by atoms with Crippen molar-refractivity contribution in [2.75, 3.05) is 5.32 Å². The van der Waals surface area contributed by atoms with Gasteiger partial charge < -0.3 is 5.32 Å². The van der Waals surface area contributed by atoms with Gasteiger partial charge in [-0.05, 0) is 17.2 Å². The molecule has 1 N–H and O–H groups in total. The summed E-state index contributed by atoms with van der Waals surface area (Å²) >= 11 is 0. The van der Waals surface area contributed by atoms with Crippen LogP contribution in [0.25, 0.3) is 0 Å². The summed E-state index contributed by atoms with van der Waals surface area (Å²) in [6, 6.07) is 39.9. The second kappa shape index (κ2) is 6.82. The largest absolute Gasteiger partial charge is 0.340 e. The van der Waals surface area contributed by atoms with Gasteiger partial charge in [-0.15, -0.1) is 0 Å². The van der Waals surface area contributed by atoms with E-state index in [9.17, 15) is 0 Å². The van der Waals surface area contributed by atoms with E-state index in [2.05, 4.69) is 102 Å². The SMILES string of the molecule is c1ccc(C2=NC(c3ccccc3)(c3ccccc3)c3ccccc3N2)cc1. The quantitative estimate of drug-likeness (QED) is 0.487. The van der Waals surface area contributed by atoms with Crippen molar-refractivity contribution < 1.29 is 0 Å². The highest BCUT2D eigenvalue weighted by atomic mass is 15.1. The molecule has 2 nitrogen and oxygen atoms in total. The third kappa shape index (κ3) is 2.62. The summed E-state index contributed by atoms with van der Waals surface area (Å²) in [5.41, 5.74) is 5.03. The number of rotatable bonds is 3. The average Bonchev–Trinajstić information content (AvgIpc) is 2.80. The van der Waals surface area contributed by atoms with Crippen molar-refractivity contribution in [2.24, 2.45) is 4.99 Å². The summed E-state index contributed by atoms with van der Waals surface area (Å²) in [4.78, 5) is 5.37. The molecule has 2 heteroatoms. The number of hydrogen-bond donors (Lipinski definition) is 1. The molecular formula is C26H20N2. The lowest BCUT2D eigenvalue weighted by molar-refractivity contribution is 0.652. The van der Waals surface area contributed by atoms with Gasteiger partial charge in [-0.1, -0.05) is 109 Å². The molecule has 0 aromatic heterocycles. The van der Waals surface area contributed by atoms with Crippen LogP contribution in [0.2, 0.25) is 0 Å². The molecule has 134 valence electrons. The molecule has 0 saturated carbocycles. The minimum Gasteiger partial charge on any atom is -0.340 e. The molecule has 0 radical (unpaired) electrons. The van der Waals surface area contributed by atoms with Crippen LogP contribution in [0.1, 0.15) is 22.3 Å². The van der Waals surface area contributed by atoms with Crippen LogP contribution in [0.3, 0.4) is 0 Å². The van der Waals surface area contributed by atoms with Crippen molar-refractivity contribution in [2.45, 2.75) is 5.54 Å². The Bertz CT molecular complexity index is 1080. The van der Waals surface area contributed by atoms with Crippen molar-refractivity contribution in [3.05, 3.63) is 138 Å². The molecule has 1 aliphatic rings. The van der Waals surface area contributed by atoms with Gasteiger partial charge in [0.1, 0.15) is 11.4 Å². The van der Waals surface area contributed by atoms with Crippen molar-refractivity contribution in [3.63, 3.8) is 0 Å². The fraction of sp³-hybridized carbons (Fsp3) is 0.0385. The molecule has 0 saturated heterocycles. The number of para-hydroxylation sites is 1. The van der Waals surface area contributed by atoms with Crippen LogP contribution in [0.15, 0.2) is 120 Å². The predicted octanol–water partition coefficient (Wildman–Crippen LogP) is 5.85. The number of anilines is 1. The smallest absolute Gasteiger partial charge is 0.140 e. The van der Waals surface area contributed by atoms with Crippen LogP contribution < -0.4 is 5.32 Å². The van der Waals surface area contributed by atoms with Crippen LogP contribution in [0.5, 0.6) is 0 Å². The molecule has 5 rings (SSSR count). The van der Waals surface area contributed by atoms with E-state index in [1.54, 1.807) is 0 Å². The Hall–Kier alpha value is -3.65. The summed E-state index contributed by atoms with van der Waals surface area (Å²) in [6.45, 7) is 0. The van der Waals surface area contributed by atoms with Gasteiger partial charge in [-0.3, -0.25) is 0 Å². The number of benzene rings is 4. The molecule has 0 spiro atoms. The Labute approximate surface area is 165 Å². The molecule has 0 amide bonds. The molecular weight excluding hydrogens is 340 g/mol. The highest BCUT2D eigenvalue weighted by Gasteiger charge is 2.40. The Morgan fingerprint density at radius 3 is 1.64 bits per heavy atom. The van der Waals surface area contributed by atoms with Gasteiger partial charge in [-0.2, -0.15) is 0 Å². The zero-order valence-electron chi connectivity index (χ0n) is 15.4. The molecule has 1 aliphatic heterocycles. The standard InChI is InChI=1S/C26H20N2/c1-4-12-20(13-5-1)25-27-24-19-11-10-18-23(24)26(28-25,21-14-6-2-7-15-21)22-16-8-3-9-17-22/h1-19H,(H,27,28). The Balaban J connectivity index is 1.87. The van der Waals surface area contributed by atoms with E-state index < -0.39 is 5.54 Å². The number of hydrogen-bond acceptors (Lipinski definition) is 2. The maximum atomic E-state index is 5.37. The zero-order chi connectivity index (χ0) is 18.8. The highest BCUT2D eigenvalue weighted by Crippen LogP contribution is 2.46. The number of aliphatic imine (C=N–C) groups is 1. The molecule has 0 unspecified atom stereocenters. The third-order valence-electron chi connectivity index (χ3n) is 5.28. The fourth-order valence-electron chi connectivity index (χ4n) is 3.99. The molecule has 0 bridgehead atoms. The minimum atomic E-state index is -0.602. The van der Waals surface area contributed by atoms with Crippen molar-refractivity contribution >= 4 is 11.5 Å². The van der Waals surface area contributed by atoms with E-state index in [1.807, 2.05) is 18.2 Å². The average molecular weight is 360 g/mol. The first kappa shape index (κ1) is 16.5. The van der Waals surface area contributed by atoms with E-state index in [0.717, 1.165) is 33.8 Å². The van der Waals surface area contributed by atoms with Gasteiger partial charge in [0, 0.05) is 16.8 Å². The predicted molar refractivity (Wildman–Crippen MR) is 116 cm³/mol. The van der Waals surface area contributed by atoms with Gasteiger partial charge >= 0.3 is 0 Å². The van der Waals surface area contributed by atoms with Gasteiger partial charge in [0.2, 0.25) is 0 Å². The molecule has 4 aromatic carbocycles. The van der Waals surface area contributed by atoms with Crippen LogP contribution >= 0.6 is 0 Å². The second-order valence-corrected chi connectivity index (χ2v) is 6.94. The van der Waals surface area contributed by atoms with E-state index >= 15 is 0 Å². The van der Waals surface area contributed by atoms with Crippen LogP contribution in [-0.4, -0.2) is 5.84 Å². The Morgan fingerprint density at radius 1 is 0.536 bits per heavy atom. The lowest BCUT2D eigenvalue weighted by atomic mass is 9.76. The molecule has 0 atom stereocenters. The molecule has 4 aromatic rings. The normalized spacial score (nSPS) is 14.5.